The summed E-state index contributed by atoms with van der Waals surface area (Å²) in [5.74, 6) is 0.534. The van der Waals surface area contributed by atoms with E-state index < -0.39 is 17.8 Å². The molecule has 0 saturated heterocycles. The van der Waals surface area contributed by atoms with E-state index in [-0.39, 0.29) is 16.1 Å². The Kier molecular flexibility index (Phi) is 5.60. The van der Waals surface area contributed by atoms with Gasteiger partial charge in [0.2, 0.25) is 0 Å². The Morgan fingerprint density at radius 2 is 1.90 bits per heavy atom. The maximum atomic E-state index is 13.3. The Hall–Kier alpha value is -2.22. The molecule has 0 atom stereocenters. The van der Waals surface area contributed by atoms with E-state index in [0.29, 0.717) is 18.0 Å². The summed E-state index contributed by atoms with van der Waals surface area (Å²) in [6.45, 7) is 6.87. The van der Waals surface area contributed by atoms with Crippen molar-refractivity contribution in [1.82, 2.24) is 9.36 Å². The molecule has 0 aliphatic heterocycles. The number of rotatable bonds is 3. The van der Waals surface area contributed by atoms with Crippen molar-refractivity contribution in [2.45, 2.75) is 51.7 Å². The number of alkyl halides is 3. The number of hydrogen-bond donors (Lipinski definition) is 1. The highest BCUT2D eigenvalue weighted by molar-refractivity contribution is 6.30. The van der Waals surface area contributed by atoms with Crippen LogP contribution in [0.2, 0.25) is 5.02 Å². The van der Waals surface area contributed by atoms with Crippen LogP contribution in [0.25, 0.3) is 0 Å². The minimum Gasteiger partial charge on any atom is -0.305 e. The molecule has 29 heavy (non-hydrogen) atoms. The number of halogens is 4. The molecular weight excluding hydrogens is 405 g/mol. The topological polar surface area (TPSA) is 51.3 Å². The molecule has 1 fully saturated rings. The second kappa shape index (κ2) is 7.55. The van der Waals surface area contributed by atoms with Crippen molar-refractivity contribution in [3.05, 3.63) is 46.0 Å². The van der Waals surface area contributed by atoms with Crippen LogP contribution in [-0.4, -0.2) is 15.4 Å². The minimum absolute atomic E-state index is 0.0626. The molecule has 158 valence electrons. The van der Waals surface area contributed by atoms with E-state index in [0.717, 1.165) is 30.7 Å². The second-order valence-corrected chi connectivity index (χ2v) is 8.85. The molecule has 1 saturated carbocycles. The highest BCUT2D eigenvalue weighted by Crippen LogP contribution is 2.36. The van der Waals surface area contributed by atoms with Crippen molar-refractivity contribution in [2.24, 2.45) is 18.0 Å². The van der Waals surface area contributed by atoms with Gasteiger partial charge in [0.1, 0.15) is 0 Å². The lowest BCUT2D eigenvalue weighted by Gasteiger charge is -2.20. The van der Waals surface area contributed by atoms with Crippen LogP contribution >= 0.6 is 11.6 Å². The lowest BCUT2D eigenvalue weighted by atomic mass is 9.92. The predicted octanol–water partition coefficient (Wildman–Crippen LogP) is 5.34. The third-order valence-corrected chi connectivity index (χ3v) is 5.12. The number of nitrogens with one attached hydrogen (secondary N) is 1. The summed E-state index contributed by atoms with van der Waals surface area (Å²) in [6, 6.07) is 4.15. The summed E-state index contributed by atoms with van der Waals surface area (Å²) in [7, 11) is 1.90. The lowest BCUT2D eigenvalue weighted by molar-refractivity contribution is -0.136. The third-order valence-electron chi connectivity index (χ3n) is 4.88. The zero-order valence-corrected chi connectivity index (χ0v) is 17.5. The summed E-state index contributed by atoms with van der Waals surface area (Å²) < 4.78 is 43.7. The molecule has 1 N–H and O–H groups in total. The minimum atomic E-state index is -4.65. The van der Waals surface area contributed by atoms with Crippen LogP contribution in [0.15, 0.2) is 29.3 Å². The van der Waals surface area contributed by atoms with Crippen molar-refractivity contribution in [2.75, 3.05) is 5.32 Å². The van der Waals surface area contributed by atoms with Crippen LogP contribution in [0.3, 0.4) is 0 Å². The summed E-state index contributed by atoms with van der Waals surface area (Å²) in [4.78, 5) is 16.5. The van der Waals surface area contributed by atoms with Gasteiger partial charge < -0.3 is 5.32 Å². The molecule has 1 aliphatic rings. The molecule has 1 aromatic heterocycles. The van der Waals surface area contributed by atoms with Crippen molar-refractivity contribution in [3.8, 4) is 0 Å². The number of anilines is 1. The Labute approximate surface area is 172 Å². The maximum absolute atomic E-state index is 13.3. The van der Waals surface area contributed by atoms with Gasteiger partial charge in [-0.05, 0) is 37.0 Å². The van der Waals surface area contributed by atoms with E-state index in [9.17, 15) is 18.0 Å². The van der Waals surface area contributed by atoms with Crippen molar-refractivity contribution >= 4 is 23.3 Å². The first-order valence-corrected chi connectivity index (χ1v) is 9.74. The molecular formula is C20H24ClF3N4O. The lowest BCUT2D eigenvalue weighted by Crippen LogP contribution is -2.27. The molecule has 2 aromatic rings. The average molecular weight is 429 g/mol. The number of hydrogen-bond acceptors (Lipinski definition) is 1. The van der Waals surface area contributed by atoms with Crippen LogP contribution in [0.1, 0.15) is 44.9 Å². The first-order chi connectivity index (χ1) is 13.4. The summed E-state index contributed by atoms with van der Waals surface area (Å²) in [5.41, 5.74) is -0.167. The highest BCUT2D eigenvalue weighted by atomic mass is 35.5. The number of benzene rings is 1. The van der Waals surface area contributed by atoms with E-state index >= 15 is 0 Å². The second-order valence-electron chi connectivity index (χ2n) is 8.42. The average Bonchev–Trinajstić information content (AvgIpc) is 3.34. The third kappa shape index (κ3) is 5.04. The molecule has 0 spiro atoms. The predicted molar refractivity (Wildman–Crippen MR) is 106 cm³/mol. The van der Waals surface area contributed by atoms with E-state index in [4.69, 9.17) is 11.6 Å². The fraction of sp³-hybridized carbons (Fsp3) is 0.500. The van der Waals surface area contributed by atoms with Crippen LogP contribution in [0.5, 0.6) is 0 Å². The van der Waals surface area contributed by atoms with E-state index in [1.54, 1.807) is 0 Å². The van der Waals surface area contributed by atoms with Gasteiger partial charge in [0.15, 0.2) is 5.49 Å². The number of carbonyl (C=O) groups is 1. The molecule has 1 heterocycles. The summed E-state index contributed by atoms with van der Waals surface area (Å²) in [5, 5.41) is 2.19. The summed E-state index contributed by atoms with van der Waals surface area (Å²) in [6.07, 6.45) is -2.41. The smallest absolute Gasteiger partial charge is 0.305 e. The van der Waals surface area contributed by atoms with Gasteiger partial charge in [-0.25, -0.2) is 4.79 Å². The number of urea groups is 1. The first kappa shape index (κ1) is 21.5. The van der Waals surface area contributed by atoms with Gasteiger partial charge in [-0.3, -0.25) is 9.36 Å². The van der Waals surface area contributed by atoms with Crippen molar-refractivity contribution in [1.29, 1.82) is 0 Å². The largest absolute Gasteiger partial charge is 0.418 e. The molecule has 1 aliphatic carbocycles. The van der Waals surface area contributed by atoms with E-state index in [2.05, 4.69) is 31.1 Å². The van der Waals surface area contributed by atoms with Gasteiger partial charge in [0.05, 0.1) is 11.3 Å². The van der Waals surface area contributed by atoms with Crippen LogP contribution in [0.4, 0.5) is 23.7 Å². The molecule has 0 bridgehead atoms. The Morgan fingerprint density at radius 1 is 1.24 bits per heavy atom. The fourth-order valence-corrected chi connectivity index (χ4v) is 3.41. The van der Waals surface area contributed by atoms with E-state index in [1.165, 1.54) is 6.07 Å². The van der Waals surface area contributed by atoms with Gasteiger partial charge in [-0.1, -0.05) is 32.4 Å². The molecule has 3 rings (SSSR count). The van der Waals surface area contributed by atoms with Crippen LogP contribution in [-0.2, 0) is 25.2 Å². The fourth-order valence-electron chi connectivity index (χ4n) is 3.23. The summed E-state index contributed by atoms with van der Waals surface area (Å²) >= 11 is 5.68. The highest BCUT2D eigenvalue weighted by Gasteiger charge is 2.34. The quantitative estimate of drug-likeness (QED) is 0.704. The number of aromatic nitrogens is 2. The Bertz CT molecular complexity index is 995. The number of amides is 2. The molecule has 5 nitrogen and oxygen atoms in total. The molecule has 1 aromatic carbocycles. The molecule has 9 heteroatoms. The molecule has 2 amide bonds. The van der Waals surface area contributed by atoms with Gasteiger partial charge >= 0.3 is 12.2 Å². The number of carbonyl (C=O) groups excluding carboxylic acids is 1. The maximum Gasteiger partial charge on any atom is 0.418 e. The molecule has 0 radical (unpaired) electrons. The van der Waals surface area contributed by atoms with Crippen LogP contribution < -0.4 is 10.8 Å². The standard InChI is InChI=1S/C20H24ClF3N4O/c1-19(2,3)16-10-17(28(27(16)4)11-12-5-6-12)26-18(29)25-15-8-7-13(21)9-14(15)20(22,23)24/h7-10,12H,5-6,11H2,1-4H3,(H,25,29). The number of nitrogens with zero attached hydrogens (tertiary/aromatic N) is 3. The SMILES string of the molecule is Cn1c(C(C)(C)C)cc(=NC(=O)Nc2ccc(Cl)cc2C(F)(F)F)n1CC1CC1. The monoisotopic (exact) mass is 428 g/mol. The first-order valence-electron chi connectivity index (χ1n) is 9.36. The Morgan fingerprint density at radius 3 is 2.45 bits per heavy atom. The normalized spacial score (nSPS) is 15.7. The van der Waals surface area contributed by atoms with Gasteiger partial charge in [0.25, 0.3) is 0 Å². The molecule has 0 unspecified atom stereocenters. The van der Waals surface area contributed by atoms with Gasteiger partial charge in [0, 0.05) is 35.8 Å². The van der Waals surface area contributed by atoms with Crippen molar-refractivity contribution in [3.63, 3.8) is 0 Å². The van der Waals surface area contributed by atoms with Crippen LogP contribution in [0, 0.1) is 5.92 Å². The van der Waals surface area contributed by atoms with E-state index in [1.807, 2.05) is 22.5 Å². The zero-order valence-electron chi connectivity index (χ0n) is 16.8. The van der Waals surface area contributed by atoms with Crippen molar-refractivity contribution < 1.29 is 18.0 Å². The van der Waals surface area contributed by atoms with Gasteiger partial charge in [-0.2, -0.15) is 18.2 Å². The zero-order chi connectivity index (χ0) is 21.6. The Balaban J connectivity index is 1.98. The van der Waals surface area contributed by atoms with Gasteiger partial charge in [-0.15, -0.1) is 0 Å².